The molecule has 0 amide bonds. The quantitative estimate of drug-likeness (QED) is 0.660. The molecule has 1 aromatic carbocycles. The number of halogens is 2. The summed E-state index contributed by atoms with van der Waals surface area (Å²) in [6.07, 6.45) is 1.21. The topological polar surface area (TPSA) is 96.5 Å². The van der Waals surface area contributed by atoms with Gasteiger partial charge < -0.3 is 9.15 Å². The molecule has 3 aromatic rings. The highest BCUT2D eigenvalue weighted by Crippen LogP contribution is 2.30. The molecule has 2 aromatic heterocycles. The zero-order chi connectivity index (χ0) is 17.8. The summed E-state index contributed by atoms with van der Waals surface area (Å²) < 4.78 is 23.6. The minimum Gasteiger partial charge on any atom is -0.486 e. The molecule has 0 fully saturated rings. The van der Waals surface area contributed by atoms with Crippen LogP contribution in [0.25, 0.3) is 11.1 Å². The lowest BCUT2D eigenvalue weighted by Gasteiger charge is -2.07. The molecule has 0 saturated heterocycles. The van der Waals surface area contributed by atoms with Crippen LogP contribution >= 0.6 is 11.6 Å². The summed E-state index contributed by atoms with van der Waals surface area (Å²) in [4.78, 5) is 25.9. The van der Waals surface area contributed by atoms with Crippen LogP contribution in [-0.2, 0) is 22.9 Å². The fourth-order valence-electron chi connectivity index (χ4n) is 2.19. The summed E-state index contributed by atoms with van der Waals surface area (Å²) in [5.41, 5.74) is 1.17. The molecule has 25 heavy (non-hydrogen) atoms. The van der Waals surface area contributed by atoms with Crippen LogP contribution in [0.1, 0.15) is 12.1 Å². The maximum Gasteiger partial charge on any atom is 0.419 e. The lowest BCUT2D eigenvalue weighted by Crippen LogP contribution is -2.16. The van der Waals surface area contributed by atoms with E-state index in [0.717, 1.165) is 4.57 Å². The van der Waals surface area contributed by atoms with Crippen LogP contribution < -0.4 is 10.5 Å². The van der Waals surface area contributed by atoms with Crippen LogP contribution in [0, 0.1) is 0 Å². The first-order valence-electron chi connectivity index (χ1n) is 7.12. The number of carbonyl (C=O) groups is 1. The first-order valence-corrected chi connectivity index (χ1v) is 7.50. The second-order valence-corrected chi connectivity index (χ2v) is 5.38. The molecule has 3 rings (SSSR count). The van der Waals surface area contributed by atoms with Crippen molar-refractivity contribution in [1.82, 2.24) is 14.8 Å². The molecular formula is C15H11ClFN3O5. The van der Waals surface area contributed by atoms with Crippen molar-refractivity contribution in [2.24, 2.45) is 0 Å². The van der Waals surface area contributed by atoms with Gasteiger partial charge in [-0.1, -0.05) is 11.6 Å². The molecule has 2 heterocycles. The van der Waals surface area contributed by atoms with E-state index in [-0.39, 0.29) is 30.2 Å². The van der Waals surface area contributed by atoms with Gasteiger partial charge in [0.1, 0.15) is 18.1 Å². The van der Waals surface area contributed by atoms with Crippen LogP contribution in [0.2, 0.25) is 5.02 Å². The first-order chi connectivity index (χ1) is 12.1. The van der Waals surface area contributed by atoms with Crippen LogP contribution in [0.15, 0.2) is 39.7 Å². The number of oxazole rings is 1. The predicted octanol–water partition coefficient (Wildman–Crippen LogP) is 2.43. The number of fused-ring (bicyclic) bond motifs is 1. The molecule has 0 aliphatic carbocycles. The van der Waals surface area contributed by atoms with Gasteiger partial charge in [-0.3, -0.25) is 9.51 Å². The molecule has 0 atom stereocenters. The maximum absolute atomic E-state index is 11.9. The summed E-state index contributed by atoms with van der Waals surface area (Å²) in [7, 11) is 0. The Morgan fingerprint density at radius 2 is 2.24 bits per heavy atom. The molecular weight excluding hydrogens is 357 g/mol. The average molecular weight is 368 g/mol. The highest BCUT2D eigenvalue weighted by atomic mass is 35.5. The average Bonchev–Trinajstić information content (AvgIpc) is 2.92. The minimum absolute atomic E-state index is 0.106. The van der Waals surface area contributed by atoms with Gasteiger partial charge in [0.05, 0.1) is 17.0 Å². The van der Waals surface area contributed by atoms with E-state index in [2.05, 4.69) is 15.1 Å². The number of aromatic nitrogens is 3. The van der Waals surface area contributed by atoms with Crippen molar-refractivity contribution in [3.8, 4) is 5.75 Å². The minimum atomic E-state index is -1.09. The summed E-state index contributed by atoms with van der Waals surface area (Å²) in [5, 5.41) is 7.85. The molecule has 0 aliphatic heterocycles. The third-order valence-corrected chi connectivity index (χ3v) is 3.65. The molecule has 0 radical (unpaired) electrons. The smallest absolute Gasteiger partial charge is 0.419 e. The molecule has 0 unspecified atom stereocenters. The summed E-state index contributed by atoms with van der Waals surface area (Å²) in [6.45, 7) is 0.0249. The molecule has 0 N–H and O–H groups in total. The van der Waals surface area contributed by atoms with Crippen LogP contribution in [0.4, 0.5) is 4.53 Å². The zero-order valence-electron chi connectivity index (χ0n) is 12.6. The number of rotatable bonds is 6. The Hall–Kier alpha value is -2.94. The van der Waals surface area contributed by atoms with Gasteiger partial charge in [0.15, 0.2) is 5.58 Å². The number of hydrogen-bond acceptors (Lipinski definition) is 7. The van der Waals surface area contributed by atoms with Gasteiger partial charge in [0, 0.05) is 23.3 Å². The highest BCUT2D eigenvalue weighted by molar-refractivity contribution is 6.32. The molecule has 8 nitrogen and oxygen atoms in total. The van der Waals surface area contributed by atoms with Crippen LogP contribution in [0.3, 0.4) is 0 Å². The molecule has 0 aliphatic rings. The van der Waals surface area contributed by atoms with Gasteiger partial charge in [0.2, 0.25) is 0 Å². The van der Waals surface area contributed by atoms with Gasteiger partial charge in [-0.15, -0.1) is 0 Å². The van der Waals surface area contributed by atoms with E-state index in [4.69, 9.17) is 20.8 Å². The number of hydrogen-bond donors (Lipinski definition) is 0. The van der Waals surface area contributed by atoms with E-state index in [9.17, 15) is 14.1 Å². The number of carbonyl (C=O) groups excluding carboxylic acids is 1. The van der Waals surface area contributed by atoms with E-state index in [1.165, 1.54) is 12.1 Å². The largest absolute Gasteiger partial charge is 0.486 e. The van der Waals surface area contributed by atoms with Gasteiger partial charge in [0.25, 0.3) is 0 Å². The number of nitrogens with zero attached hydrogens (tertiary/aromatic N) is 3. The number of aryl methyl sites for hydroxylation is 1. The van der Waals surface area contributed by atoms with Crippen molar-refractivity contribution in [3.05, 3.63) is 51.7 Å². The number of ether oxygens (including phenoxy) is 1. The second kappa shape index (κ2) is 7.31. The van der Waals surface area contributed by atoms with Gasteiger partial charge in [-0.25, -0.2) is 9.59 Å². The number of benzene rings is 1. The van der Waals surface area contributed by atoms with E-state index < -0.39 is 11.7 Å². The molecule has 0 spiro atoms. The van der Waals surface area contributed by atoms with E-state index in [1.54, 1.807) is 18.3 Å². The van der Waals surface area contributed by atoms with Gasteiger partial charge in [-0.05, 0) is 18.2 Å². The van der Waals surface area contributed by atoms with Crippen molar-refractivity contribution in [1.29, 1.82) is 0 Å². The third kappa shape index (κ3) is 3.77. The Kier molecular flexibility index (Phi) is 4.94. The predicted molar refractivity (Wildman–Crippen MR) is 83.7 cm³/mol. The van der Waals surface area contributed by atoms with E-state index in [1.807, 2.05) is 0 Å². The molecule has 10 heteroatoms. The lowest BCUT2D eigenvalue weighted by molar-refractivity contribution is -0.183. The Morgan fingerprint density at radius 3 is 2.96 bits per heavy atom. The first kappa shape index (κ1) is 16.9. The summed E-state index contributed by atoms with van der Waals surface area (Å²) in [5.74, 6) is -1.50. The maximum atomic E-state index is 11.9. The Balaban J connectivity index is 1.84. The Morgan fingerprint density at radius 1 is 1.40 bits per heavy atom. The fourth-order valence-corrected chi connectivity index (χ4v) is 2.40. The summed E-state index contributed by atoms with van der Waals surface area (Å²) in [6, 6.07) is 6.38. The van der Waals surface area contributed by atoms with Crippen molar-refractivity contribution < 1.29 is 23.4 Å². The third-order valence-electron chi connectivity index (χ3n) is 3.35. The van der Waals surface area contributed by atoms with Crippen molar-refractivity contribution in [3.63, 3.8) is 0 Å². The Labute approximate surface area is 144 Å². The normalized spacial score (nSPS) is 10.8. The lowest BCUT2D eigenvalue weighted by atomic mass is 10.3. The van der Waals surface area contributed by atoms with Gasteiger partial charge >= 0.3 is 11.7 Å². The van der Waals surface area contributed by atoms with Crippen molar-refractivity contribution in [2.75, 3.05) is 0 Å². The molecule has 130 valence electrons. The van der Waals surface area contributed by atoms with Crippen LogP contribution in [0.5, 0.6) is 5.75 Å². The standard InChI is InChI=1S/C15H11ClFN3O5/c16-10-6-11-13(24-15(22)20(11)5-3-14(21)25-17)7-12(10)23-8-9-2-1-4-18-19-9/h1-2,4,6-7H,3,5,8H2. The molecule has 0 bridgehead atoms. The molecule has 0 saturated carbocycles. The zero-order valence-corrected chi connectivity index (χ0v) is 13.4. The fraction of sp³-hybridized carbons (Fsp3) is 0.200. The van der Waals surface area contributed by atoms with Crippen molar-refractivity contribution >= 4 is 28.7 Å². The van der Waals surface area contributed by atoms with Crippen LogP contribution in [-0.4, -0.2) is 20.7 Å². The Bertz CT molecular complexity index is 957. The summed E-state index contributed by atoms with van der Waals surface area (Å²) >= 11 is 6.17. The van der Waals surface area contributed by atoms with Crippen molar-refractivity contribution in [2.45, 2.75) is 19.6 Å². The van der Waals surface area contributed by atoms with E-state index >= 15 is 0 Å². The SMILES string of the molecule is O=C(CCn1c(=O)oc2cc(OCc3cccnn3)c(Cl)cc21)OF. The monoisotopic (exact) mass is 367 g/mol. The second-order valence-electron chi connectivity index (χ2n) is 4.97. The highest BCUT2D eigenvalue weighted by Gasteiger charge is 2.15. The van der Waals surface area contributed by atoms with Gasteiger partial charge in [-0.2, -0.15) is 10.2 Å². The van der Waals surface area contributed by atoms with E-state index in [0.29, 0.717) is 17.0 Å².